The van der Waals surface area contributed by atoms with Gasteiger partial charge in [0.1, 0.15) is 0 Å². The predicted octanol–water partition coefficient (Wildman–Crippen LogP) is 2.34. The Hall–Kier alpha value is -0.960. The largest absolute Gasteiger partial charge is 0.385 e. The van der Waals surface area contributed by atoms with Gasteiger partial charge in [-0.2, -0.15) is 4.31 Å². The minimum absolute atomic E-state index is 0.00630. The number of hydrogen-bond donors (Lipinski definition) is 0. The molecule has 0 aromatic heterocycles. The lowest BCUT2D eigenvalue weighted by Crippen LogP contribution is -2.46. The molecule has 1 aliphatic rings. The molecule has 0 saturated carbocycles. The Labute approximate surface area is 158 Å². The molecule has 0 N–H and O–H groups in total. The second-order valence-electron chi connectivity index (χ2n) is 6.26. The second-order valence-corrected chi connectivity index (χ2v) is 9.12. The summed E-state index contributed by atoms with van der Waals surface area (Å²) >= 11 is 3.31. The van der Waals surface area contributed by atoms with E-state index >= 15 is 0 Å². The van der Waals surface area contributed by atoms with E-state index in [0.29, 0.717) is 26.1 Å². The maximum absolute atomic E-state index is 12.8. The fourth-order valence-corrected chi connectivity index (χ4v) is 4.77. The monoisotopic (exact) mass is 432 g/mol. The van der Waals surface area contributed by atoms with Gasteiger partial charge in [0.05, 0.1) is 10.8 Å². The van der Waals surface area contributed by atoms with Gasteiger partial charge in [-0.05, 0) is 43.5 Å². The summed E-state index contributed by atoms with van der Waals surface area (Å²) in [5.74, 6) is -0.279. The van der Waals surface area contributed by atoms with Crippen LogP contribution in [0.5, 0.6) is 0 Å². The molecule has 140 valence electrons. The number of carbonyl (C=O) groups is 1. The first-order valence-electron chi connectivity index (χ1n) is 8.36. The standard InChI is InChI=1S/C17H25BrN2O4S/c1-19(10-4-12-24-2)17(21)14-5-3-11-20(13-14)25(22,23)16-8-6-15(18)7-9-16/h6-9,14H,3-5,10-13H2,1-2H3. The summed E-state index contributed by atoms with van der Waals surface area (Å²) < 4.78 is 32.9. The zero-order chi connectivity index (χ0) is 18.4. The van der Waals surface area contributed by atoms with Crippen LogP contribution in [0.4, 0.5) is 0 Å². The number of rotatable bonds is 7. The third-order valence-corrected chi connectivity index (χ3v) is 6.81. The van der Waals surface area contributed by atoms with Crippen LogP contribution in [0.1, 0.15) is 19.3 Å². The van der Waals surface area contributed by atoms with E-state index in [4.69, 9.17) is 4.74 Å². The summed E-state index contributed by atoms with van der Waals surface area (Å²) in [4.78, 5) is 14.5. The van der Waals surface area contributed by atoms with Crippen molar-refractivity contribution in [3.05, 3.63) is 28.7 Å². The van der Waals surface area contributed by atoms with E-state index in [1.165, 1.54) is 4.31 Å². The molecule has 8 heteroatoms. The lowest BCUT2D eigenvalue weighted by molar-refractivity contribution is -0.135. The Kier molecular flexibility index (Phi) is 7.42. The van der Waals surface area contributed by atoms with Crippen molar-refractivity contribution in [2.45, 2.75) is 24.2 Å². The van der Waals surface area contributed by atoms with Crippen LogP contribution in [0.25, 0.3) is 0 Å². The lowest BCUT2D eigenvalue weighted by Gasteiger charge is -2.33. The van der Waals surface area contributed by atoms with Crippen LogP contribution < -0.4 is 0 Å². The summed E-state index contributed by atoms with van der Waals surface area (Å²) in [5, 5.41) is 0. The first-order chi connectivity index (χ1) is 11.9. The Morgan fingerprint density at radius 1 is 1.36 bits per heavy atom. The van der Waals surface area contributed by atoms with Crippen molar-refractivity contribution in [3.8, 4) is 0 Å². The van der Waals surface area contributed by atoms with Gasteiger partial charge in [-0.3, -0.25) is 4.79 Å². The van der Waals surface area contributed by atoms with Crippen molar-refractivity contribution in [1.29, 1.82) is 0 Å². The minimum Gasteiger partial charge on any atom is -0.385 e. The van der Waals surface area contributed by atoms with Crippen molar-refractivity contribution >= 4 is 31.9 Å². The molecule has 1 aromatic rings. The van der Waals surface area contributed by atoms with Crippen molar-refractivity contribution in [3.63, 3.8) is 0 Å². The number of sulfonamides is 1. The lowest BCUT2D eigenvalue weighted by atomic mass is 9.98. The number of nitrogens with zero attached hydrogens (tertiary/aromatic N) is 2. The van der Waals surface area contributed by atoms with Gasteiger partial charge in [0.15, 0.2) is 0 Å². The Bertz CT molecular complexity index is 678. The van der Waals surface area contributed by atoms with Gasteiger partial charge >= 0.3 is 0 Å². The van der Waals surface area contributed by atoms with E-state index in [2.05, 4.69) is 15.9 Å². The molecule has 1 fully saturated rings. The highest BCUT2D eigenvalue weighted by molar-refractivity contribution is 9.10. The summed E-state index contributed by atoms with van der Waals surface area (Å²) in [6, 6.07) is 6.59. The normalized spacial score (nSPS) is 18.9. The third kappa shape index (κ3) is 5.26. The molecule has 25 heavy (non-hydrogen) atoms. The molecular formula is C17H25BrN2O4S. The molecule has 0 radical (unpaired) electrons. The first kappa shape index (κ1) is 20.4. The maximum atomic E-state index is 12.8. The van der Waals surface area contributed by atoms with Crippen LogP contribution in [0, 0.1) is 5.92 Å². The summed E-state index contributed by atoms with van der Waals surface area (Å²) in [5.41, 5.74) is 0. The summed E-state index contributed by atoms with van der Waals surface area (Å²) in [7, 11) is -0.173. The van der Waals surface area contributed by atoms with Crippen LogP contribution in [-0.2, 0) is 19.6 Å². The quantitative estimate of drug-likeness (QED) is 0.620. The average Bonchev–Trinajstić information content (AvgIpc) is 2.61. The smallest absolute Gasteiger partial charge is 0.243 e. The molecular weight excluding hydrogens is 408 g/mol. The van der Waals surface area contributed by atoms with Gasteiger partial charge in [-0.15, -0.1) is 0 Å². The van der Waals surface area contributed by atoms with Gasteiger partial charge in [-0.25, -0.2) is 8.42 Å². The van der Waals surface area contributed by atoms with E-state index < -0.39 is 10.0 Å². The van der Waals surface area contributed by atoms with E-state index in [0.717, 1.165) is 17.3 Å². The summed E-state index contributed by atoms with van der Waals surface area (Å²) in [6.45, 7) is 1.91. The average molecular weight is 433 g/mol. The zero-order valence-corrected chi connectivity index (χ0v) is 17.1. The van der Waals surface area contributed by atoms with E-state index in [1.54, 1.807) is 43.3 Å². The van der Waals surface area contributed by atoms with Crippen LogP contribution in [0.3, 0.4) is 0 Å². The van der Waals surface area contributed by atoms with Crippen molar-refractivity contribution in [2.24, 2.45) is 5.92 Å². The number of methoxy groups -OCH3 is 1. The van der Waals surface area contributed by atoms with Crippen LogP contribution in [0.15, 0.2) is 33.6 Å². The number of ether oxygens (including phenoxy) is 1. The molecule has 0 aliphatic carbocycles. The number of benzene rings is 1. The van der Waals surface area contributed by atoms with Crippen molar-refractivity contribution in [2.75, 3.05) is 40.4 Å². The number of halogens is 1. The molecule has 6 nitrogen and oxygen atoms in total. The predicted molar refractivity (Wildman–Crippen MR) is 99.8 cm³/mol. The molecule has 0 bridgehead atoms. The SMILES string of the molecule is COCCCN(C)C(=O)C1CCCN(S(=O)(=O)c2ccc(Br)cc2)C1. The Morgan fingerprint density at radius 3 is 2.68 bits per heavy atom. The third-order valence-electron chi connectivity index (χ3n) is 4.40. The van der Waals surface area contributed by atoms with Crippen LogP contribution in [-0.4, -0.2) is 63.9 Å². The van der Waals surface area contributed by atoms with Gasteiger partial charge in [0.25, 0.3) is 0 Å². The van der Waals surface area contributed by atoms with Gasteiger partial charge < -0.3 is 9.64 Å². The van der Waals surface area contributed by atoms with Crippen LogP contribution in [0.2, 0.25) is 0 Å². The minimum atomic E-state index is -3.57. The van der Waals surface area contributed by atoms with E-state index in [1.807, 2.05) is 0 Å². The molecule has 2 rings (SSSR count). The number of carbonyl (C=O) groups excluding carboxylic acids is 1. The number of hydrogen-bond acceptors (Lipinski definition) is 4. The highest BCUT2D eigenvalue weighted by Crippen LogP contribution is 2.25. The molecule has 1 atom stereocenters. The molecule has 1 aliphatic heterocycles. The zero-order valence-electron chi connectivity index (χ0n) is 14.7. The van der Waals surface area contributed by atoms with Gasteiger partial charge in [0.2, 0.25) is 15.9 Å². The number of piperidine rings is 1. The fourth-order valence-electron chi connectivity index (χ4n) is 2.99. The molecule has 0 spiro atoms. The van der Waals surface area contributed by atoms with Crippen molar-refractivity contribution in [1.82, 2.24) is 9.21 Å². The topological polar surface area (TPSA) is 66.9 Å². The molecule has 1 aromatic carbocycles. The van der Waals surface area contributed by atoms with Crippen LogP contribution >= 0.6 is 15.9 Å². The highest BCUT2D eigenvalue weighted by atomic mass is 79.9. The number of amides is 1. The van der Waals surface area contributed by atoms with Gasteiger partial charge in [0, 0.05) is 44.9 Å². The molecule has 1 saturated heterocycles. The maximum Gasteiger partial charge on any atom is 0.243 e. The molecule has 1 heterocycles. The first-order valence-corrected chi connectivity index (χ1v) is 10.6. The summed E-state index contributed by atoms with van der Waals surface area (Å²) in [6.07, 6.45) is 2.18. The second kappa shape index (κ2) is 9.12. The Morgan fingerprint density at radius 2 is 2.04 bits per heavy atom. The molecule has 1 unspecified atom stereocenters. The molecule has 1 amide bonds. The van der Waals surface area contributed by atoms with E-state index in [9.17, 15) is 13.2 Å². The fraction of sp³-hybridized carbons (Fsp3) is 0.588. The Balaban J connectivity index is 2.04. The highest BCUT2D eigenvalue weighted by Gasteiger charge is 2.34. The van der Waals surface area contributed by atoms with Gasteiger partial charge in [-0.1, -0.05) is 15.9 Å². The van der Waals surface area contributed by atoms with Crippen molar-refractivity contribution < 1.29 is 17.9 Å². The van der Waals surface area contributed by atoms with E-state index in [-0.39, 0.29) is 23.3 Å².